The first-order valence-electron chi connectivity index (χ1n) is 8.14. The standard InChI is InChI=1S/C18H18N2O3S/c21-18(17-10-13-3-1-2-4-16(13)24-17)20-19-11-12-5-6-14-15(9-12)23-8-7-22-14/h5-6,9-11H,1-4,7-8H2,(H,20,21). The molecule has 0 bridgehead atoms. The van der Waals surface area contributed by atoms with Crippen molar-refractivity contribution in [2.45, 2.75) is 25.7 Å². The number of hydrogen-bond donors (Lipinski definition) is 1. The average Bonchev–Trinajstić information content (AvgIpc) is 3.06. The summed E-state index contributed by atoms with van der Waals surface area (Å²) in [5.41, 5.74) is 4.78. The zero-order valence-corrected chi connectivity index (χ0v) is 14.0. The average molecular weight is 342 g/mol. The predicted molar refractivity (Wildman–Crippen MR) is 93.5 cm³/mol. The molecule has 1 aromatic carbocycles. The molecule has 1 amide bonds. The van der Waals surface area contributed by atoms with E-state index in [9.17, 15) is 4.79 Å². The summed E-state index contributed by atoms with van der Waals surface area (Å²) in [6.45, 7) is 1.12. The van der Waals surface area contributed by atoms with E-state index in [1.54, 1.807) is 17.6 Å². The molecule has 0 spiro atoms. The van der Waals surface area contributed by atoms with Gasteiger partial charge in [0.1, 0.15) is 13.2 Å². The summed E-state index contributed by atoms with van der Waals surface area (Å²) < 4.78 is 11.0. The van der Waals surface area contributed by atoms with Gasteiger partial charge in [-0.3, -0.25) is 4.79 Å². The number of rotatable bonds is 3. The van der Waals surface area contributed by atoms with Crippen LogP contribution in [0.5, 0.6) is 11.5 Å². The van der Waals surface area contributed by atoms with E-state index in [2.05, 4.69) is 10.5 Å². The molecule has 2 aromatic rings. The summed E-state index contributed by atoms with van der Waals surface area (Å²) in [4.78, 5) is 14.3. The third kappa shape index (κ3) is 3.14. The van der Waals surface area contributed by atoms with E-state index in [0.717, 1.165) is 29.0 Å². The van der Waals surface area contributed by atoms with Crippen LogP contribution in [0.1, 0.15) is 38.5 Å². The van der Waals surface area contributed by atoms with Crippen LogP contribution in [0.3, 0.4) is 0 Å². The summed E-state index contributed by atoms with van der Waals surface area (Å²) >= 11 is 1.59. The quantitative estimate of drug-likeness (QED) is 0.688. The lowest BCUT2D eigenvalue weighted by Crippen LogP contribution is -2.16. The molecule has 6 heteroatoms. The van der Waals surface area contributed by atoms with Crippen molar-refractivity contribution in [1.82, 2.24) is 5.43 Å². The normalized spacial score (nSPS) is 16.0. The largest absolute Gasteiger partial charge is 0.486 e. The number of carbonyl (C=O) groups is 1. The van der Waals surface area contributed by atoms with Gasteiger partial charge in [0.25, 0.3) is 5.91 Å². The first kappa shape index (κ1) is 15.2. The van der Waals surface area contributed by atoms with Gasteiger partial charge in [-0.1, -0.05) is 0 Å². The third-order valence-electron chi connectivity index (χ3n) is 4.17. The van der Waals surface area contributed by atoms with Crippen LogP contribution in [0.2, 0.25) is 0 Å². The Bertz CT molecular complexity index is 774. The van der Waals surface area contributed by atoms with Gasteiger partial charge in [-0.25, -0.2) is 5.43 Å². The molecular weight excluding hydrogens is 324 g/mol. The van der Waals surface area contributed by atoms with Crippen LogP contribution in [0.4, 0.5) is 0 Å². The first-order chi connectivity index (χ1) is 11.8. The fourth-order valence-corrected chi connectivity index (χ4v) is 4.11. The van der Waals surface area contributed by atoms with Gasteiger partial charge in [0.2, 0.25) is 0 Å². The molecule has 4 rings (SSSR count). The number of fused-ring (bicyclic) bond motifs is 2. The second-order valence-electron chi connectivity index (χ2n) is 5.87. The molecule has 1 aliphatic heterocycles. The van der Waals surface area contributed by atoms with Gasteiger partial charge in [-0.15, -0.1) is 11.3 Å². The molecule has 5 nitrogen and oxygen atoms in total. The highest BCUT2D eigenvalue weighted by atomic mass is 32.1. The molecule has 2 aliphatic rings. The number of thiophene rings is 1. The molecule has 1 aliphatic carbocycles. The molecule has 2 heterocycles. The second-order valence-corrected chi connectivity index (χ2v) is 7.01. The summed E-state index contributed by atoms with van der Waals surface area (Å²) in [5.74, 6) is 1.30. The van der Waals surface area contributed by atoms with Crippen molar-refractivity contribution in [3.63, 3.8) is 0 Å². The van der Waals surface area contributed by atoms with E-state index >= 15 is 0 Å². The van der Waals surface area contributed by atoms with E-state index in [1.165, 1.54) is 23.3 Å². The van der Waals surface area contributed by atoms with Gasteiger partial charge < -0.3 is 9.47 Å². The van der Waals surface area contributed by atoms with Crippen molar-refractivity contribution >= 4 is 23.5 Å². The van der Waals surface area contributed by atoms with Crippen LogP contribution in [-0.2, 0) is 12.8 Å². The first-order valence-corrected chi connectivity index (χ1v) is 8.96. The number of hydrazone groups is 1. The lowest BCUT2D eigenvalue weighted by Gasteiger charge is -2.18. The molecule has 0 saturated heterocycles. The van der Waals surface area contributed by atoms with Crippen molar-refractivity contribution in [1.29, 1.82) is 0 Å². The monoisotopic (exact) mass is 342 g/mol. The van der Waals surface area contributed by atoms with Crippen molar-refractivity contribution in [2.24, 2.45) is 5.10 Å². The third-order valence-corrected chi connectivity index (χ3v) is 5.40. The maximum Gasteiger partial charge on any atom is 0.281 e. The topological polar surface area (TPSA) is 59.9 Å². The summed E-state index contributed by atoms with van der Waals surface area (Å²) in [6, 6.07) is 7.60. The molecule has 0 unspecified atom stereocenters. The van der Waals surface area contributed by atoms with Crippen molar-refractivity contribution in [3.05, 3.63) is 45.1 Å². The van der Waals surface area contributed by atoms with Gasteiger partial charge in [0.15, 0.2) is 11.5 Å². The van der Waals surface area contributed by atoms with E-state index in [0.29, 0.717) is 19.0 Å². The number of nitrogens with one attached hydrogen (secondary N) is 1. The Morgan fingerprint density at radius 1 is 1.12 bits per heavy atom. The predicted octanol–water partition coefficient (Wildman–Crippen LogP) is 3.16. The second kappa shape index (κ2) is 6.65. The van der Waals surface area contributed by atoms with E-state index in [4.69, 9.17) is 9.47 Å². The number of ether oxygens (including phenoxy) is 2. The lowest BCUT2D eigenvalue weighted by atomic mass is 9.99. The maximum atomic E-state index is 12.2. The van der Waals surface area contributed by atoms with Crippen LogP contribution in [0.25, 0.3) is 0 Å². The summed E-state index contributed by atoms with van der Waals surface area (Å²) in [7, 11) is 0. The summed E-state index contributed by atoms with van der Waals surface area (Å²) in [6.07, 6.45) is 6.22. The molecule has 0 saturated carbocycles. The molecule has 124 valence electrons. The van der Waals surface area contributed by atoms with E-state index in [-0.39, 0.29) is 5.91 Å². The number of amides is 1. The molecule has 0 atom stereocenters. The number of benzene rings is 1. The fraction of sp³-hybridized carbons (Fsp3) is 0.333. The Morgan fingerprint density at radius 2 is 1.96 bits per heavy atom. The fourth-order valence-electron chi connectivity index (χ4n) is 2.96. The highest BCUT2D eigenvalue weighted by Crippen LogP contribution is 2.31. The highest BCUT2D eigenvalue weighted by Gasteiger charge is 2.17. The number of nitrogens with zero attached hydrogens (tertiary/aromatic N) is 1. The minimum Gasteiger partial charge on any atom is -0.486 e. The number of aryl methyl sites for hydroxylation is 2. The van der Waals surface area contributed by atoms with Crippen molar-refractivity contribution in [2.75, 3.05) is 13.2 Å². The lowest BCUT2D eigenvalue weighted by molar-refractivity contribution is 0.0959. The van der Waals surface area contributed by atoms with Crippen LogP contribution < -0.4 is 14.9 Å². The number of carbonyl (C=O) groups excluding carboxylic acids is 1. The molecular formula is C18H18N2O3S. The van der Waals surface area contributed by atoms with Gasteiger partial charge in [0, 0.05) is 4.88 Å². The minimum atomic E-state index is -0.150. The SMILES string of the molecule is O=C(NN=Cc1ccc2c(c1)OCCO2)c1cc2c(s1)CCCC2. The van der Waals surface area contributed by atoms with E-state index < -0.39 is 0 Å². The summed E-state index contributed by atoms with van der Waals surface area (Å²) in [5, 5.41) is 4.06. The smallest absolute Gasteiger partial charge is 0.281 e. The van der Waals surface area contributed by atoms with Gasteiger partial charge in [0.05, 0.1) is 11.1 Å². The molecule has 0 fully saturated rings. The Kier molecular flexibility index (Phi) is 4.21. The maximum absolute atomic E-state index is 12.2. The zero-order chi connectivity index (χ0) is 16.4. The number of hydrogen-bond acceptors (Lipinski definition) is 5. The van der Waals surface area contributed by atoms with Gasteiger partial charge in [-0.05, 0) is 61.1 Å². The van der Waals surface area contributed by atoms with Crippen LogP contribution in [0.15, 0.2) is 29.4 Å². The van der Waals surface area contributed by atoms with Crippen molar-refractivity contribution in [3.8, 4) is 11.5 Å². The molecule has 24 heavy (non-hydrogen) atoms. The Morgan fingerprint density at radius 3 is 2.83 bits per heavy atom. The Labute approximate surface area is 144 Å². The van der Waals surface area contributed by atoms with Crippen LogP contribution >= 0.6 is 11.3 Å². The molecule has 0 radical (unpaired) electrons. The zero-order valence-electron chi connectivity index (χ0n) is 13.2. The molecule has 1 aromatic heterocycles. The van der Waals surface area contributed by atoms with Crippen LogP contribution in [-0.4, -0.2) is 25.3 Å². The minimum absolute atomic E-state index is 0.150. The molecule has 1 N–H and O–H groups in total. The van der Waals surface area contributed by atoms with E-state index in [1.807, 2.05) is 24.3 Å². The highest BCUT2D eigenvalue weighted by molar-refractivity contribution is 7.14. The Hall–Kier alpha value is -2.34. The Balaban J connectivity index is 1.41. The van der Waals surface area contributed by atoms with Crippen LogP contribution in [0, 0.1) is 0 Å². The van der Waals surface area contributed by atoms with Crippen molar-refractivity contribution < 1.29 is 14.3 Å². The van der Waals surface area contributed by atoms with Gasteiger partial charge >= 0.3 is 0 Å². The van der Waals surface area contributed by atoms with Gasteiger partial charge in [-0.2, -0.15) is 5.10 Å².